The van der Waals surface area contributed by atoms with E-state index in [-0.39, 0.29) is 18.9 Å². The maximum Gasteiger partial charge on any atom is 0.323 e. The molecule has 0 fully saturated rings. The van der Waals surface area contributed by atoms with Gasteiger partial charge < -0.3 is 13.9 Å². The Kier molecular flexibility index (Phi) is 9.31. The smallest absolute Gasteiger partial charge is 0.323 e. The topological polar surface area (TPSA) is 77.8 Å². The number of nitrogens with one attached hydrogen (secondary N) is 1. The summed E-state index contributed by atoms with van der Waals surface area (Å²) in [7, 11) is 1.32. The van der Waals surface area contributed by atoms with E-state index in [4.69, 9.17) is 25.5 Å². The molecular formula is C27H30ClNO5. The van der Waals surface area contributed by atoms with Gasteiger partial charge in [0.05, 0.1) is 7.11 Å². The SMILES string of the molecule is COC(=O)[C@H](Cc1ccc(-c2cccc(Cl)c2)o1)NC(CC(C)C)C(=O)OCc1ccccc1. The predicted molar refractivity (Wildman–Crippen MR) is 131 cm³/mol. The average Bonchev–Trinajstić information content (AvgIpc) is 3.30. The third-order valence-electron chi connectivity index (χ3n) is 5.28. The number of ether oxygens (including phenoxy) is 2. The highest BCUT2D eigenvalue weighted by Crippen LogP contribution is 2.25. The van der Waals surface area contributed by atoms with Crippen LogP contribution in [0.1, 0.15) is 31.6 Å². The summed E-state index contributed by atoms with van der Waals surface area (Å²) in [5.74, 6) is 0.537. The lowest BCUT2D eigenvalue weighted by Gasteiger charge is -2.24. The van der Waals surface area contributed by atoms with Crippen LogP contribution in [0.15, 0.2) is 71.1 Å². The minimum absolute atomic E-state index is 0.167. The minimum Gasteiger partial charge on any atom is -0.468 e. The molecule has 0 spiro atoms. The summed E-state index contributed by atoms with van der Waals surface area (Å²) in [5.41, 5.74) is 1.73. The largest absolute Gasteiger partial charge is 0.468 e. The lowest BCUT2D eigenvalue weighted by Crippen LogP contribution is -2.49. The molecule has 0 aliphatic heterocycles. The van der Waals surface area contributed by atoms with E-state index in [2.05, 4.69) is 5.32 Å². The van der Waals surface area contributed by atoms with E-state index in [9.17, 15) is 9.59 Å². The Hall–Kier alpha value is -3.09. The van der Waals surface area contributed by atoms with Crippen LogP contribution in [-0.2, 0) is 32.1 Å². The zero-order valence-corrected chi connectivity index (χ0v) is 20.4. The van der Waals surface area contributed by atoms with Gasteiger partial charge in [-0.25, -0.2) is 0 Å². The first kappa shape index (κ1) is 25.5. The van der Waals surface area contributed by atoms with E-state index in [1.807, 2.05) is 68.4 Å². The van der Waals surface area contributed by atoms with Crippen molar-refractivity contribution in [1.82, 2.24) is 5.32 Å². The van der Waals surface area contributed by atoms with E-state index in [1.54, 1.807) is 12.1 Å². The lowest BCUT2D eigenvalue weighted by molar-refractivity contribution is -0.149. The fourth-order valence-electron chi connectivity index (χ4n) is 3.61. The van der Waals surface area contributed by atoms with Gasteiger partial charge in [-0.15, -0.1) is 0 Å². The van der Waals surface area contributed by atoms with Crippen molar-refractivity contribution in [2.24, 2.45) is 5.92 Å². The molecule has 2 aromatic carbocycles. The third-order valence-corrected chi connectivity index (χ3v) is 5.51. The van der Waals surface area contributed by atoms with Crippen LogP contribution in [-0.4, -0.2) is 31.1 Å². The molecule has 0 saturated heterocycles. The lowest BCUT2D eigenvalue weighted by atomic mass is 10.0. The second-order valence-electron chi connectivity index (χ2n) is 8.50. The summed E-state index contributed by atoms with van der Waals surface area (Å²) in [6, 6.07) is 19.0. The van der Waals surface area contributed by atoms with E-state index in [0.717, 1.165) is 11.1 Å². The molecule has 1 heterocycles. The zero-order valence-electron chi connectivity index (χ0n) is 19.6. The van der Waals surface area contributed by atoms with Gasteiger partial charge in [0.1, 0.15) is 30.2 Å². The first-order valence-electron chi connectivity index (χ1n) is 11.2. The molecule has 1 N–H and O–H groups in total. The summed E-state index contributed by atoms with van der Waals surface area (Å²) in [5, 5.41) is 3.76. The monoisotopic (exact) mass is 483 g/mol. The van der Waals surface area contributed by atoms with E-state index < -0.39 is 24.0 Å². The highest BCUT2D eigenvalue weighted by Gasteiger charge is 2.30. The second kappa shape index (κ2) is 12.4. The second-order valence-corrected chi connectivity index (χ2v) is 8.93. The molecule has 0 aliphatic rings. The van der Waals surface area contributed by atoms with Gasteiger partial charge in [-0.3, -0.25) is 14.9 Å². The number of esters is 2. The number of furan rings is 1. The average molecular weight is 484 g/mol. The fraction of sp³-hybridized carbons (Fsp3) is 0.333. The molecule has 0 bridgehead atoms. The number of hydrogen-bond acceptors (Lipinski definition) is 6. The standard InChI is InChI=1S/C27H30ClNO5/c1-18(2)14-23(27(31)33-17-19-8-5-4-6-9-19)29-24(26(30)32-3)16-22-12-13-25(34-22)20-10-7-11-21(28)15-20/h4-13,15,18,23-24,29H,14,16-17H2,1-3H3/t23?,24-/m0/s1. The summed E-state index contributed by atoms with van der Waals surface area (Å²) < 4.78 is 16.5. The highest BCUT2D eigenvalue weighted by molar-refractivity contribution is 6.30. The van der Waals surface area contributed by atoms with Crippen molar-refractivity contribution in [3.8, 4) is 11.3 Å². The molecule has 34 heavy (non-hydrogen) atoms. The van der Waals surface area contributed by atoms with Crippen LogP contribution in [0.2, 0.25) is 5.02 Å². The molecule has 1 aromatic heterocycles. The predicted octanol–water partition coefficient (Wildman–Crippen LogP) is 5.43. The fourth-order valence-corrected chi connectivity index (χ4v) is 3.80. The number of halogens is 1. The van der Waals surface area contributed by atoms with Crippen LogP contribution >= 0.6 is 11.6 Å². The molecule has 180 valence electrons. The van der Waals surface area contributed by atoms with Crippen molar-refractivity contribution in [1.29, 1.82) is 0 Å². The Balaban J connectivity index is 1.72. The van der Waals surface area contributed by atoms with Crippen LogP contribution in [0.5, 0.6) is 0 Å². The van der Waals surface area contributed by atoms with Gasteiger partial charge >= 0.3 is 11.9 Å². The van der Waals surface area contributed by atoms with Crippen LogP contribution < -0.4 is 5.32 Å². The number of carbonyl (C=O) groups is 2. The number of methoxy groups -OCH3 is 1. The molecule has 7 heteroatoms. The van der Waals surface area contributed by atoms with Crippen molar-refractivity contribution in [2.45, 2.75) is 45.4 Å². The molecular weight excluding hydrogens is 454 g/mol. The van der Waals surface area contributed by atoms with Gasteiger partial charge in [0.25, 0.3) is 0 Å². The highest BCUT2D eigenvalue weighted by atomic mass is 35.5. The summed E-state index contributed by atoms with van der Waals surface area (Å²) in [4.78, 5) is 25.5. The van der Waals surface area contributed by atoms with E-state index in [1.165, 1.54) is 7.11 Å². The number of carbonyl (C=O) groups excluding carboxylic acids is 2. The zero-order chi connectivity index (χ0) is 24.5. The van der Waals surface area contributed by atoms with Gasteiger partial charge in [0, 0.05) is 17.0 Å². The van der Waals surface area contributed by atoms with Crippen molar-refractivity contribution >= 4 is 23.5 Å². The molecule has 6 nitrogen and oxygen atoms in total. The van der Waals surface area contributed by atoms with Crippen LogP contribution in [0, 0.1) is 5.92 Å². The maximum absolute atomic E-state index is 12.9. The molecule has 3 aromatic rings. The van der Waals surface area contributed by atoms with Gasteiger partial charge in [0.2, 0.25) is 0 Å². The van der Waals surface area contributed by atoms with Crippen LogP contribution in [0.4, 0.5) is 0 Å². The van der Waals surface area contributed by atoms with Gasteiger partial charge in [-0.05, 0) is 42.2 Å². The number of rotatable bonds is 11. The Morgan fingerprint density at radius 1 is 0.971 bits per heavy atom. The van der Waals surface area contributed by atoms with Crippen LogP contribution in [0.25, 0.3) is 11.3 Å². The Labute approximate surface area is 205 Å². The quantitative estimate of drug-likeness (QED) is 0.366. The van der Waals surface area contributed by atoms with Gasteiger partial charge in [-0.2, -0.15) is 0 Å². The first-order valence-corrected chi connectivity index (χ1v) is 11.6. The molecule has 2 atom stereocenters. The van der Waals surface area contributed by atoms with Crippen LogP contribution in [0.3, 0.4) is 0 Å². The van der Waals surface area contributed by atoms with Gasteiger partial charge in [-0.1, -0.05) is 67.9 Å². The molecule has 0 radical (unpaired) electrons. The first-order chi connectivity index (χ1) is 16.4. The molecule has 0 saturated carbocycles. The molecule has 0 amide bonds. The summed E-state index contributed by atoms with van der Waals surface area (Å²) in [6.45, 7) is 4.19. The summed E-state index contributed by atoms with van der Waals surface area (Å²) in [6.07, 6.45) is 0.723. The summed E-state index contributed by atoms with van der Waals surface area (Å²) >= 11 is 6.08. The van der Waals surface area contributed by atoms with E-state index >= 15 is 0 Å². The normalized spacial score (nSPS) is 12.9. The van der Waals surface area contributed by atoms with Gasteiger partial charge in [0.15, 0.2) is 0 Å². The van der Waals surface area contributed by atoms with E-state index in [0.29, 0.717) is 23.0 Å². The van der Waals surface area contributed by atoms with Crippen molar-refractivity contribution in [3.05, 3.63) is 83.1 Å². The molecule has 0 aliphatic carbocycles. The maximum atomic E-state index is 12.9. The Morgan fingerprint density at radius 3 is 2.41 bits per heavy atom. The Bertz CT molecular complexity index is 1080. The van der Waals surface area contributed by atoms with Crippen molar-refractivity contribution < 1.29 is 23.5 Å². The van der Waals surface area contributed by atoms with Crippen molar-refractivity contribution in [2.75, 3.05) is 7.11 Å². The van der Waals surface area contributed by atoms with Crippen molar-refractivity contribution in [3.63, 3.8) is 0 Å². The minimum atomic E-state index is -0.781. The number of hydrogen-bond donors (Lipinski definition) is 1. The molecule has 1 unspecified atom stereocenters. The third kappa shape index (κ3) is 7.47. The molecule has 3 rings (SSSR count). The Morgan fingerprint density at radius 2 is 1.74 bits per heavy atom. The number of benzene rings is 2.